The van der Waals surface area contributed by atoms with Crippen LogP contribution in [-0.4, -0.2) is 53.7 Å². The van der Waals surface area contributed by atoms with E-state index in [4.69, 9.17) is 20.9 Å². The zero-order valence-electron chi connectivity index (χ0n) is 16.5. The molecule has 1 unspecified atom stereocenters. The van der Waals surface area contributed by atoms with Gasteiger partial charge < -0.3 is 13.6 Å². The first-order valence-corrected chi connectivity index (χ1v) is 14.3. The largest absolute Gasteiger partial charge is 0.597 e. The third-order valence-corrected chi connectivity index (χ3v) is 8.12. The van der Waals surface area contributed by atoms with Gasteiger partial charge in [-0.3, -0.25) is 10.2 Å². The Labute approximate surface area is 175 Å². The Balaban J connectivity index is 3.72. The number of oxime groups is 1. The van der Waals surface area contributed by atoms with Gasteiger partial charge in [-0.1, -0.05) is 18.0 Å². The Morgan fingerprint density at radius 1 is 1.22 bits per heavy atom. The van der Waals surface area contributed by atoms with E-state index in [0.717, 1.165) is 31.8 Å². The van der Waals surface area contributed by atoms with Crippen molar-refractivity contribution in [3.05, 3.63) is 0 Å². The van der Waals surface area contributed by atoms with E-state index >= 15 is 0 Å². The van der Waals surface area contributed by atoms with Crippen LogP contribution in [0.25, 0.3) is 0 Å². The van der Waals surface area contributed by atoms with Gasteiger partial charge in [-0.2, -0.15) is 0 Å². The maximum Gasteiger partial charge on any atom is 0.437 e. The van der Waals surface area contributed by atoms with E-state index in [1.165, 1.54) is 11.8 Å². The summed E-state index contributed by atoms with van der Waals surface area (Å²) in [5.74, 6) is -0.0294. The van der Waals surface area contributed by atoms with Crippen LogP contribution >= 0.6 is 18.3 Å². The van der Waals surface area contributed by atoms with E-state index < -0.39 is 23.9 Å². The lowest BCUT2D eigenvalue weighted by atomic mass is 10.2. The van der Waals surface area contributed by atoms with Crippen molar-refractivity contribution < 1.29 is 23.2 Å². The van der Waals surface area contributed by atoms with Crippen molar-refractivity contribution in [2.45, 2.75) is 46.5 Å². The molecule has 0 bridgehead atoms. The molecule has 0 aromatic heterocycles. The van der Waals surface area contributed by atoms with E-state index in [1.807, 2.05) is 20.1 Å². The summed E-state index contributed by atoms with van der Waals surface area (Å²) in [6, 6.07) is 0. The molecule has 0 spiro atoms. The van der Waals surface area contributed by atoms with Crippen LogP contribution in [0.3, 0.4) is 0 Å². The highest BCUT2D eigenvalue weighted by atomic mass is 32.5. The molecule has 8 nitrogen and oxygen atoms in total. The lowest BCUT2D eigenvalue weighted by Gasteiger charge is -2.20. The molecule has 27 heavy (non-hydrogen) atoms. The lowest BCUT2D eigenvalue weighted by Crippen LogP contribution is -2.36. The molecule has 0 aliphatic heterocycles. The number of carbonyl (C=O) groups is 1. The standard InChI is InChI=1S/C15H32N3O5PS3/c1-5-21-24(25,22-6-2)12-10-8-7-9-11-17-27(20)13-16-15(19)23-18-14(3)26-4/h17H,5-13H2,1-4H3,(H,16,19). The summed E-state index contributed by atoms with van der Waals surface area (Å²) in [7, 11) is 0. The molecule has 0 aliphatic carbocycles. The zero-order chi connectivity index (χ0) is 20.5. The molecule has 2 N–H and O–H groups in total. The van der Waals surface area contributed by atoms with Gasteiger partial charge in [0.1, 0.15) is 5.04 Å². The van der Waals surface area contributed by atoms with Crippen LogP contribution in [0.15, 0.2) is 5.16 Å². The van der Waals surface area contributed by atoms with Gasteiger partial charge in [0.05, 0.1) is 24.6 Å². The second kappa shape index (κ2) is 17.0. The molecule has 12 heteroatoms. The van der Waals surface area contributed by atoms with Crippen LogP contribution in [-0.2, 0) is 37.1 Å². The molecular weight excluding hydrogens is 429 g/mol. The molecule has 0 aromatic carbocycles. The minimum Gasteiger partial charge on any atom is -0.597 e. The molecule has 0 heterocycles. The number of unbranched alkanes of at least 4 members (excludes halogenated alkanes) is 3. The smallest absolute Gasteiger partial charge is 0.437 e. The average Bonchev–Trinajstić information content (AvgIpc) is 2.63. The Hall–Kier alpha value is 0.130. The number of carbonyl (C=O) groups excluding carboxylic acids is 1. The van der Waals surface area contributed by atoms with E-state index in [0.29, 0.717) is 24.8 Å². The molecule has 1 amide bonds. The summed E-state index contributed by atoms with van der Waals surface area (Å²) in [6.45, 7) is 5.24. The van der Waals surface area contributed by atoms with Crippen molar-refractivity contribution in [2.24, 2.45) is 5.16 Å². The van der Waals surface area contributed by atoms with E-state index in [2.05, 4.69) is 20.0 Å². The van der Waals surface area contributed by atoms with Gasteiger partial charge in [-0.15, -0.1) is 16.5 Å². The minimum absolute atomic E-state index is 0.0294. The lowest BCUT2D eigenvalue weighted by molar-refractivity contribution is 0.152. The highest BCUT2D eigenvalue weighted by Crippen LogP contribution is 2.49. The number of amides is 1. The summed E-state index contributed by atoms with van der Waals surface area (Å²) in [6.07, 6.45) is 5.75. The van der Waals surface area contributed by atoms with E-state index in [-0.39, 0.29) is 5.88 Å². The maximum atomic E-state index is 11.8. The van der Waals surface area contributed by atoms with Crippen LogP contribution in [0.4, 0.5) is 4.79 Å². The fourth-order valence-electron chi connectivity index (χ4n) is 1.88. The number of thioether (sulfide) groups is 1. The fraction of sp³-hybridized carbons (Fsp3) is 0.867. The molecule has 0 radical (unpaired) electrons. The van der Waals surface area contributed by atoms with Gasteiger partial charge in [0, 0.05) is 12.7 Å². The summed E-state index contributed by atoms with van der Waals surface area (Å²) in [5, 5.41) is 6.60. The van der Waals surface area contributed by atoms with Crippen LogP contribution in [0, 0.1) is 0 Å². The fourth-order valence-corrected chi connectivity index (χ4v) is 5.47. The Morgan fingerprint density at radius 3 is 2.44 bits per heavy atom. The number of nitrogens with zero attached hydrogens (tertiary/aromatic N) is 1. The molecule has 0 saturated heterocycles. The minimum atomic E-state index is -2.12. The number of nitrogens with one attached hydrogen (secondary N) is 2. The molecule has 160 valence electrons. The normalized spacial score (nSPS) is 13.4. The average molecular weight is 462 g/mol. The van der Waals surface area contributed by atoms with Gasteiger partial charge >= 0.3 is 6.09 Å². The van der Waals surface area contributed by atoms with Gasteiger partial charge in [0.2, 0.25) is 5.88 Å². The number of rotatable bonds is 15. The van der Waals surface area contributed by atoms with E-state index in [9.17, 15) is 9.35 Å². The van der Waals surface area contributed by atoms with Crippen LogP contribution in [0.1, 0.15) is 46.5 Å². The Kier molecular flexibility index (Phi) is 17.1. The predicted octanol–water partition coefficient (Wildman–Crippen LogP) is 3.56. The van der Waals surface area contributed by atoms with Gasteiger partial charge in [0.25, 0.3) is 0 Å². The number of hydrogen-bond acceptors (Lipinski definition) is 9. The molecule has 0 aromatic rings. The molecule has 0 rings (SSSR count). The van der Waals surface area contributed by atoms with Gasteiger partial charge in [-0.05, 0) is 51.7 Å². The highest BCUT2D eigenvalue weighted by Gasteiger charge is 2.16. The van der Waals surface area contributed by atoms with Crippen molar-refractivity contribution in [1.29, 1.82) is 0 Å². The highest BCUT2D eigenvalue weighted by molar-refractivity contribution is 8.13. The summed E-state index contributed by atoms with van der Waals surface area (Å²) >= 11 is 5.51. The second-order valence-corrected chi connectivity index (χ2v) is 11.5. The van der Waals surface area contributed by atoms with Crippen molar-refractivity contribution in [2.75, 3.05) is 38.1 Å². The maximum absolute atomic E-state index is 11.8. The molecule has 0 aliphatic rings. The van der Waals surface area contributed by atoms with Gasteiger partial charge in [-0.25, -0.2) is 4.79 Å². The first kappa shape index (κ1) is 27.1. The third kappa shape index (κ3) is 15.7. The Morgan fingerprint density at radius 2 is 1.85 bits per heavy atom. The zero-order valence-corrected chi connectivity index (χ0v) is 19.9. The Bertz CT molecular complexity index is 476. The molecular formula is C15H32N3O5PS3. The third-order valence-electron chi connectivity index (χ3n) is 3.17. The van der Waals surface area contributed by atoms with Gasteiger partial charge in [0.15, 0.2) is 6.49 Å². The summed E-state index contributed by atoms with van der Waals surface area (Å²) in [4.78, 5) is 16.0. The van der Waals surface area contributed by atoms with Crippen molar-refractivity contribution in [1.82, 2.24) is 10.0 Å². The van der Waals surface area contributed by atoms with Crippen molar-refractivity contribution >= 4 is 52.6 Å². The first-order valence-electron chi connectivity index (χ1n) is 8.90. The SMILES string of the molecule is CCOP(=S)(CCCCCCN[S+]([O-])CNC(=O)ON=C(C)SC)OCC. The quantitative estimate of drug-likeness (QED) is 0.0726. The topological polar surface area (TPSA) is 104 Å². The van der Waals surface area contributed by atoms with Crippen molar-refractivity contribution in [3.63, 3.8) is 0 Å². The molecule has 0 saturated carbocycles. The monoisotopic (exact) mass is 461 g/mol. The first-order chi connectivity index (χ1) is 12.9. The predicted molar refractivity (Wildman–Crippen MR) is 118 cm³/mol. The second-order valence-electron chi connectivity index (χ2n) is 5.34. The summed E-state index contributed by atoms with van der Waals surface area (Å²) < 4.78 is 25.8. The summed E-state index contributed by atoms with van der Waals surface area (Å²) in [5.41, 5.74) is 0. The molecule has 1 atom stereocenters. The number of hydrogen-bond donors (Lipinski definition) is 2. The molecule has 0 fully saturated rings. The van der Waals surface area contributed by atoms with Crippen LogP contribution < -0.4 is 10.0 Å². The van der Waals surface area contributed by atoms with Crippen LogP contribution in [0.2, 0.25) is 0 Å². The van der Waals surface area contributed by atoms with Crippen molar-refractivity contribution in [3.8, 4) is 0 Å². The van der Waals surface area contributed by atoms with Crippen LogP contribution in [0.5, 0.6) is 0 Å². The van der Waals surface area contributed by atoms with E-state index in [1.54, 1.807) is 6.92 Å².